The Morgan fingerprint density at radius 1 is 1.14 bits per heavy atom. The quantitative estimate of drug-likeness (QED) is 0.769. The van der Waals surface area contributed by atoms with Crippen molar-refractivity contribution in [2.75, 3.05) is 26.3 Å². The monoisotopic (exact) mass is 415 g/mol. The summed E-state index contributed by atoms with van der Waals surface area (Å²) in [6, 6.07) is 7.09. The van der Waals surface area contributed by atoms with E-state index >= 15 is 0 Å². The fourth-order valence-corrected chi connectivity index (χ4v) is 6.39. The summed E-state index contributed by atoms with van der Waals surface area (Å²) in [5.74, 6) is 0.162. The number of benzene rings is 1. The van der Waals surface area contributed by atoms with Gasteiger partial charge in [0.25, 0.3) is 5.91 Å². The number of ether oxygens (including phenoxy) is 1. The lowest BCUT2D eigenvalue weighted by molar-refractivity contribution is 0.0298. The summed E-state index contributed by atoms with van der Waals surface area (Å²) in [5.41, 5.74) is 2.32. The molecule has 0 N–H and O–H groups in total. The molecular formula is C21H25N3O4S. The maximum atomic E-state index is 13.2. The van der Waals surface area contributed by atoms with E-state index < -0.39 is 9.84 Å². The van der Waals surface area contributed by atoms with Crippen LogP contribution < -0.4 is 0 Å². The zero-order chi connectivity index (χ0) is 20.0. The molecule has 1 amide bonds. The molecule has 1 saturated carbocycles. The molecule has 7 nitrogen and oxygen atoms in total. The molecule has 5 rings (SSSR count). The Morgan fingerprint density at radius 2 is 1.86 bits per heavy atom. The number of fused-ring (bicyclic) bond motifs is 3. The molecule has 2 fully saturated rings. The van der Waals surface area contributed by atoms with Crippen LogP contribution in [0.3, 0.4) is 0 Å². The lowest BCUT2D eigenvalue weighted by Gasteiger charge is -2.26. The Balaban J connectivity index is 1.64. The summed E-state index contributed by atoms with van der Waals surface area (Å²) in [7, 11) is -3.50. The van der Waals surface area contributed by atoms with Gasteiger partial charge >= 0.3 is 0 Å². The van der Waals surface area contributed by atoms with E-state index in [2.05, 4.69) is 0 Å². The van der Waals surface area contributed by atoms with Crippen molar-refractivity contribution < 1.29 is 17.9 Å². The van der Waals surface area contributed by atoms with Crippen molar-refractivity contribution in [2.45, 2.75) is 42.9 Å². The highest BCUT2D eigenvalue weighted by Crippen LogP contribution is 2.40. The second-order valence-electron chi connectivity index (χ2n) is 8.17. The van der Waals surface area contributed by atoms with Crippen LogP contribution >= 0.6 is 0 Å². The van der Waals surface area contributed by atoms with E-state index in [1.165, 1.54) is 12.8 Å². The summed E-state index contributed by atoms with van der Waals surface area (Å²) in [6.07, 6.45) is 4.75. The number of sulfone groups is 1. The minimum Gasteiger partial charge on any atom is -0.378 e. The van der Waals surface area contributed by atoms with Gasteiger partial charge in [-0.25, -0.2) is 8.42 Å². The zero-order valence-corrected chi connectivity index (χ0v) is 17.2. The number of nitrogens with zero attached hydrogens (tertiary/aromatic N) is 3. The SMILES string of the molecule is O=C(c1nn(CC2CCCC2)c2c1CS(=O)(=O)c1ccccc1-2)N1CCOCC1. The normalized spacial score (nSPS) is 21.0. The van der Waals surface area contributed by atoms with E-state index in [-0.39, 0.29) is 17.4 Å². The van der Waals surface area contributed by atoms with E-state index in [1.807, 2.05) is 16.8 Å². The van der Waals surface area contributed by atoms with Crippen LogP contribution in [-0.4, -0.2) is 55.3 Å². The molecule has 1 aliphatic carbocycles. The standard InChI is InChI=1S/C21H25N3O4S/c25-21(23-9-11-28-12-10-23)19-17-14-29(26,27)18-8-4-3-7-16(18)20(17)24(22-19)13-15-5-1-2-6-15/h3-4,7-8,15H,1-2,5-6,9-14H2. The Bertz CT molecular complexity index is 1050. The maximum absolute atomic E-state index is 13.2. The number of rotatable bonds is 3. The van der Waals surface area contributed by atoms with Gasteiger partial charge in [0.15, 0.2) is 15.5 Å². The van der Waals surface area contributed by atoms with Gasteiger partial charge in [-0.1, -0.05) is 31.0 Å². The topological polar surface area (TPSA) is 81.5 Å². The minimum absolute atomic E-state index is 0.171. The molecule has 0 unspecified atom stereocenters. The summed E-state index contributed by atoms with van der Waals surface area (Å²) >= 11 is 0. The molecule has 2 aliphatic heterocycles. The van der Waals surface area contributed by atoms with Gasteiger partial charge in [-0.2, -0.15) is 5.10 Å². The van der Waals surface area contributed by atoms with Crippen LogP contribution in [0.15, 0.2) is 29.2 Å². The zero-order valence-electron chi connectivity index (χ0n) is 16.3. The molecule has 1 aromatic carbocycles. The van der Waals surface area contributed by atoms with Crippen molar-refractivity contribution in [3.05, 3.63) is 35.5 Å². The molecule has 0 spiro atoms. The van der Waals surface area contributed by atoms with Gasteiger partial charge in [0.2, 0.25) is 0 Å². The first kappa shape index (κ1) is 18.8. The van der Waals surface area contributed by atoms with E-state index in [0.717, 1.165) is 25.1 Å². The molecule has 0 radical (unpaired) electrons. The maximum Gasteiger partial charge on any atom is 0.274 e. The summed E-state index contributed by atoms with van der Waals surface area (Å²) in [4.78, 5) is 15.3. The number of carbonyl (C=O) groups is 1. The van der Waals surface area contributed by atoms with Crippen LogP contribution in [0.5, 0.6) is 0 Å². The number of carbonyl (C=O) groups excluding carboxylic acids is 1. The molecular weight excluding hydrogens is 390 g/mol. The molecule has 8 heteroatoms. The molecule has 0 atom stereocenters. The molecule has 29 heavy (non-hydrogen) atoms. The van der Waals surface area contributed by atoms with Crippen LogP contribution in [0.2, 0.25) is 0 Å². The van der Waals surface area contributed by atoms with Crippen molar-refractivity contribution >= 4 is 15.7 Å². The van der Waals surface area contributed by atoms with Crippen LogP contribution in [0, 0.1) is 5.92 Å². The van der Waals surface area contributed by atoms with Crippen molar-refractivity contribution in [1.29, 1.82) is 0 Å². The van der Waals surface area contributed by atoms with Gasteiger partial charge in [0.05, 0.1) is 29.6 Å². The predicted octanol–water partition coefficient (Wildman–Crippen LogP) is 2.50. The van der Waals surface area contributed by atoms with Crippen LogP contribution in [-0.2, 0) is 26.9 Å². The average molecular weight is 416 g/mol. The van der Waals surface area contributed by atoms with Gasteiger partial charge in [-0.15, -0.1) is 0 Å². The molecule has 1 saturated heterocycles. The molecule has 2 aromatic rings. The first-order chi connectivity index (χ1) is 14.0. The molecule has 1 aromatic heterocycles. The van der Waals surface area contributed by atoms with Crippen LogP contribution in [0.25, 0.3) is 11.3 Å². The molecule has 0 bridgehead atoms. The van der Waals surface area contributed by atoms with Crippen LogP contribution in [0.4, 0.5) is 0 Å². The highest BCUT2D eigenvalue weighted by Gasteiger charge is 2.37. The number of aromatic nitrogens is 2. The lowest BCUT2D eigenvalue weighted by Crippen LogP contribution is -2.41. The number of morpholine rings is 1. The van der Waals surface area contributed by atoms with Gasteiger partial charge in [-0.05, 0) is 24.8 Å². The van der Waals surface area contributed by atoms with E-state index in [9.17, 15) is 13.2 Å². The first-order valence-corrected chi connectivity index (χ1v) is 12.0. The third-order valence-electron chi connectivity index (χ3n) is 6.27. The lowest BCUT2D eigenvalue weighted by atomic mass is 10.0. The Hall–Kier alpha value is -2.19. The van der Waals surface area contributed by atoms with E-state index in [1.54, 1.807) is 17.0 Å². The fourth-order valence-electron chi connectivity index (χ4n) is 4.80. The summed E-state index contributed by atoms with van der Waals surface area (Å²) < 4.78 is 33.2. The summed E-state index contributed by atoms with van der Waals surface area (Å²) in [6.45, 7) is 2.74. The Labute approximate surface area is 170 Å². The van der Waals surface area contributed by atoms with Gasteiger partial charge < -0.3 is 9.64 Å². The van der Waals surface area contributed by atoms with Gasteiger partial charge in [-0.3, -0.25) is 9.48 Å². The fraction of sp³-hybridized carbons (Fsp3) is 0.524. The van der Waals surface area contributed by atoms with Gasteiger partial charge in [0.1, 0.15) is 0 Å². The number of hydrogen-bond acceptors (Lipinski definition) is 5. The van der Waals surface area contributed by atoms with E-state index in [4.69, 9.17) is 9.84 Å². The minimum atomic E-state index is -3.50. The summed E-state index contributed by atoms with van der Waals surface area (Å²) in [5, 5.41) is 4.72. The third kappa shape index (κ3) is 3.28. The highest BCUT2D eigenvalue weighted by atomic mass is 32.2. The second-order valence-corrected chi connectivity index (χ2v) is 10.1. The van der Waals surface area contributed by atoms with Crippen LogP contribution in [0.1, 0.15) is 41.7 Å². The molecule has 3 heterocycles. The van der Waals surface area contributed by atoms with Crippen molar-refractivity contribution in [2.24, 2.45) is 5.92 Å². The Kier molecular flexibility index (Phi) is 4.70. The second kappa shape index (κ2) is 7.25. The van der Waals surface area contributed by atoms with Crippen molar-refractivity contribution in [3.8, 4) is 11.3 Å². The van der Waals surface area contributed by atoms with Crippen molar-refractivity contribution in [3.63, 3.8) is 0 Å². The Morgan fingerprint density at radius 3 is 2.62 bits per heavy atom. The smallest absolute Gasteiger partial charge is 0.274 e. The third-order valence-corrected chi connectivity index (χ3v) is 7.96. The predicted molar refractivity (Wildman–Crippen MR) is 107 cm³/mol. The number of amides is 1. The molecule has 3 aliphatic rings. The molecule has 154 valence electrons. The highest BCUT2D eigenvalue weighted by molar-refractivity contribution is 7.90. The first-order valence-electron chi connectivity index (χ1n) is 10.3. The number of hydrogen-bond donors (Lipinski definition) is 0. The average Bonchev–Trinajstić information content (AvgIpc) is 3.36. The van der Waals surface area contributed by atoms with E-state index in [0.29, 0.717) is 48.2 Å². The van der Waals surface area contributed by atoms with Gasteiger partial charge in [0, 0.05) is 30.8 Å². The largest absolute Gasteiger partial charge is 0.378 e. The van der Waals surface area contributed by atoms with Crippen molar-refractivity contribution in [1.82, 2.24) is 14.7 Å².